The van der Waals surface area contributed by atoms with Gasteiger partial charge in [-0.2, -0.15) is 0 Å². The number of aliphatic hydroxyl groups is 1. The molecule has 0 aromatic carbocycles. The first-order valence-electron chi connectivity index (χ1n) is 4.76. The molecule has 0 spiro atoms. The molecule has 0 bridgehead atoms. The number of hydrogen-bond acceptors (Lipinski definition) is 3. The van der Waals surface area contributed by atoms with Gasteiger partial charge in [-0.1, -0.05) is 6.07 Å². The minimum absolute atomic E-state index is 0.0854. The van der Waals surface area contributed by atoms with E-state index < -0.39 is 12.5 Å². The molecule has 1 aromatic rings. The summed E-state index contributed by atoms with van der Waals surface area (Å²) in [5, 5.41) is 11.6. The van der Waals surface area contributed by atoms with Crippen LogP contribution in [0.25, 0.3) is 0 Å². The lowest BCUT2D eigenvalue weighted by atomic mass is 10.2. The van der Waals surface area contributed by atoms with E-state index in [0.717, 1.165) is 5.56 Å². The molecule has 1 atom stereocenters. The van der Waals surface area contributed by atoms with Gasteiger partial charge in [0.2, 0.25) is 0 Å². The van der Waals surface area contributed by atoms with Crippen LogP contribution in [0.2, 0.25) is 0 Å². The van der Waals surface area contributed by atoms with Crippen molar-refractivity contribution >= 4 is 0 Å². The van der Waals surface area contributed by atoms with Gasteiger partial charge in [0.05, 0.1) is 0 Å². The summed E-state index contributed by atoms with van der Waals surface area (Å²) in [5.74, 6) is 0. The van der Waals surface area contributed by atoms with Gasteiger partial charge in [-0.3, -0.25) is 4.98 Å². The largest absolute Gasteiger partial charge is 0.386 e. The van der Waals surface area contributed by atoms with Crippen LogP contribution in [0, 0.1) is 0 Å². The van der Waals surface area contributed by atoms with Crippen molar-refractivity contribution in [1.29, 1.82) is 0 Å². The van der Waals surface area contributed by atoms with Crippen LogP contribution >= 0.6 is 0 Å². The predicted molar refractivity (Wildman–Crippen MR) is 52.8 cm³/mol. The zero-order chi connectivity index (χ0) is 11.1. The molecule has 0 aliphatic carbocycles. The van der Waals surface area contributed by atoms with Gasteiger partial charge in [-0.05, 0) is 24.6 Å². The van der Waals surface area contributed by atoms with Gasteiger partial charge in [-0.15, -0.1) is 0 Å². The monoisotopic (exact) mass is 216 g/mol. The fourth-order valence-corrected chi connectivity index (χ4v) is 1.12. The molecule has 1 rings (SSSR count). The Morgan fingerprint density at radius 2 is 2.27 bits per heavy atom. The van der Waals surface area contributed by atoms with Gasteiger partial charge in [-0.25, -0.2) is 8.78 Å². The highest BCUT2D eigenvalue weighted by molar-refractivity contribution is 5.08. The van der Waals surface area contributed by atoms with Crippen molar-refractivity contribution in [3.8, 4) is 0 Å². The highest BCUT2D eigenvalue weighted by Crippen LogP contribution is 1.99. The fourth-order valence-electron chi connectivity index (χ4n) is 1.12. The quantitative estimate of drug-likeness (QED) is 0.693. The van der Waals surface area contributed by atoms with Gasteiger partial charge in [0, 0.05) is 18.9 Å². The molecule has 2 N–H and O–H groups in total. The summed E-state index contributed by atoms with van der Waals surface area (Å²) in [7, 11) is 0. The van der Waals surface area contributed by atoms with Crippen LogP contribution in [0.5, 0.6) is 0 Å². The van der Waals surface area contributed by atoms with Crippen molar-refractivity contribution in [3.05, 3.63) is 30.1 Å². The van der Waals surface area contributed by atoms with E-state index in [0.29, 0.717) is 13.0 Å². The maximum absolute atomic E-state index is 11.9. The van der Waals surface area contributed by atoms with Crippen LogP contribution < -0.4 is 5.32 Å². The van der Waals surface area contributed by atoms with E-state index in [1.54, 1.807) is 12.4 Å². The van der Waals surface area contributed by atoms with Crippen LogP contribution in [-0.2, 0) is 6.42 Å². The lowest BCUT2D eigenvalue weighted by Gasteiger charge is -2.10. The Balaban J connectivity index is 2.12. The van der Waals surface area contributed by atoms with E-state index in [4.69, 9.17) is 5.11 Å². The van der Waals surface area contributed by atoms with Crippen LogP contribution in [0.1, 0.15) is 5.56 Å². The third kappa shape index (κ3) is 4.80. The van der Waals surface area contributed by atoms with Crippen molar-refractivity contribution in [3.63, 3.8) is 0 Å². The summed E-state index contributed by atoms with van der Waals surface area (Å²) in [5.41, 5.74) is 1.04. The molecule has 1 unspecified atom stereocenters. The molecule has 0 aliphatic heterocycles. The number of nitrogens with one attached hydrogen (secondary N) is 1. The Bertz CT molecular complexity index is 269. The van der Waals surface area contributed by atoms with Gasteiger partial charge < -0.3 is 10.4 Å². The number of aliphatic hydroxyl groups excluding tert-OH is 1. The SMILES string of the molecule is OC(CNCCc1cccnc1)C(F)F. The Morgan fingerprint density at radius 1 is 1.47 bits per heavy atom. The van der Waals surface area contributed by atoms with E-state index in [9.17, 15) is 8.78 Å². The molecule has 0 aliphatic rings. The number of halogens is 2. The summed E-state index contributed by atoms with van der Waals surface area (Å²) in [6.45, 7) is 0.466. The van der Waals surface area contributed by atoms with Crippen molar-refractivity contribution in [2.75, 3.05) is 13.1 Å². The topological polar surface area (TPSA) is 45.1 Å². The molecule has 1 heterocycles. The lowest BCUT2D eigenvalue weighted by molar-refractivity contribution is -0.00309. The molecule has 1 aromatic heterocycles. The molecule has 5 heteroatoms. The third-order valence-corrected chi connectivity index (χ3v) is 1.96. The lowest BCUT2D eigenvalue weighted by Crippen LogP contribution is -2.33. The first-order chi connectivity index (χ1) is 7.20. The summed E-state index contributed by atoms with van der Waals surface area (Å²) < 4.78 is 23.8. The first-order valence-corrected chi connectivity index (χ1v) is 4.76. The number of aromatic nitrogens is 1. The molecule has 3 nitrogen and oxygen atoms in total. The van der Waals surface area contributed by atoms with E-state index in [1.165, 1.54) is 0 Å². The third-order valence-electron chi connectivity index (χ3n) is 1.96. The zero-order valence-electron chi connectivity index (χ0n) is 8.24. The van der Waals surface area contributed by atoms with Crippen molar-refractivity contribution < 1.29 is 13.9 Å². The highest BCUT2D eigenvalue weighted by atomic mass is 19.3. The number of nitrogens with zero attached hydrogens (tertiary/aromatic N) is 1. The summed E-state index contributed by atoms with van der Waals surface area (Å²) in [4.78, 5) is 3.93. The standard InChI is InChI=1S/C10H14F2N2O/c11-10(12)9(15)7-14-5-3-8-2-1-4-13-6-8/h1-2,4,6,9-10,14-15H,3,5,7H2. The Morgan fingerprint density at radius 3 is 2.87 bits per heavy atom. The average molecular weight is 216 g/mol. The summed E-state index contributed by atoms with van der Waals surface area (Å²) in [6.07, 6.45) is -0.151. The van der Waals surface area contributed by atoms with Crippen molar-refractivity contribution in [2.45, 2.75) is 19.0 Å². The maximum atomic E-state index is 11.9. The second-order valence-electron chi connectivity index (χ2n) is 3.22. The van der Waals surface area contributed by atoms with E-state index in [2.05, 4.69) is 10.3 Å². The van der Waals surface area contributed by atoms with Gasteiger partial charge in [0.1, 0.15) is 6.10 Å². The molecule has 0 amide bonds. The Labute approximate surface area is 87.2 Å². The summed E-state index contributed by atoms with van der Waals surface area (Å²) in [6, 6.07) is 3.74. The zero-order valence-corrected chi connectivity index (χ0v) is 8.24. The van der Waals surface area contributed by atoms with Crippen molar-refractivity contribution in [2.24, 2.45) is 0 Å². The molecule has 0 saturated heterocycles. The van der Waals surface area contributed by atoms with Gasteiger partial charge in [0.25, 0.3) is 6.43 Å². The second kappa shape index (κ2) is 6.42. The normalized spacial score (nSPS) is 13.1. The second-order valence-corrected chi connectivity index (χ2v) is 3.22. The van der Waals surface area contributed by atoms with E-state index >= 15 is 0 Å². The van der Waals surface area contributed by atoms with Crippen LogP contribution in [0.3, 0.4) is 0 Å². The minimum Gasteiger partial charge on any atom is -0.386 e. The number of alkyl halides is 2. The maximum Gasteiger partial charge on any atom is 0.265 e. The molecule has 0 saturated carbocycles. The predicted octanol–water partition coefficient (Wildman–Crippen LogP) is 0.840. The molecular formula is C10H14F2N2O. The van der Waals surface area contributed by atoms with Crippen LogP contribution in [-0.4, -0.2) is 35.7 Å². The molecule has 0 radical (unpaired) electrons. The van der Waals surface area contributed by atoms with Crippen LogP contribution in [0.4, 0.5) is 8.78 Å². The summed E-state index contributed by atoms with van der Waals surface area (Å²) >= 11 is 0. The molecule has 15 heavy (non-hydrogen) atoms. The Hall–Kier alpha value is -1.07. The number of rotatable bonds is 6. The van der Waals surface area contributed by atoms with E-state index in [1.807, 2.05) is 12.1 Å². The number of hydrogen-bond donors (Lipinski definition) is 2. The average Bonchev–Trinajstić information content (AvgIpc) is 2.25. The highest BCUT2D eigenvalue weighted by Gasteiger charge is 2.15. The molecular weight excluding hydrogens is 202 g/mol. The smallest absolute Gasteiger partial charge is 0.265 e. The molecule has 84 valence electrons. The minimum atomic E-state index is -2.68. The van der Waals surface area contributed by atoms with Gasteiger partial charge >= 0.3 is 0 Å². The molecule has 0 fully saturated rings. The first kappa shape index (κ1) is 12.0. The number of pyridine rings is 1. The van der Waals surface area contributed by atoms with E-state index in [-0.39, 0.29) is 6.54 Å². The fraction of sp³-hybridized carbons (Fsp3) is 0.500. The Kier molecular flexibility index (Phi) is 5.14. The van der Waals surface area contributed by atoms with Crippen LogP contribution in [0.15, 0.2) is 24.5 Å². The van der Waals surface area contributed by atoms with Crippen molar-refractivity contribution in [1.82, 2.24) is 10.3 Å². The van der Waals surface area contributed by atoms with Gasteiger partial charge in [0.15, 0.2) is 0 Å².